The minimum absolute atomic E-state index is 0.289. The highest BCUT2D eigenvalue weighted by Crippen LogP contribution is 2.27. The second-order valence-electron chi connectivity index (χ2n) is 6.87. The third-order valence-electron chi connectivity index (χ3n) is 4.81. The fourth-order valence-corrected chi connectivity index (χ4v) is 3.38. The Morgan fingerprint density at radius 1 is 1.20 bits per heavy atom. The van der Waals surface area contributed by atoms with Crippen LogP contribution in [0.5, 0.6) is 0 Å². The van der Waals surface area contributed by atoms with Gasteiger partial charge < -0.3 is 10.1 Å². The van der Waals surface area contributed by atoms with E-state index >= 15 is 0 Å². The number of aryl methyl sites for hydroxylation is 3. The van der Waals surface area contributed by atoms with Crippen LogP contribution >= 0.6 is 0 Å². The monoisotopic (exact) mass is 336 g/mol. The summed E-state index contributed by atoms with van der Waals surface area (Å²) in [6.07, 6.45) is 2.56. The van der Waals surface area contributed by atoms with Gasteiger partial charge in [-0.15, -0.1) is 0 Å². The molecule has 0 spiro atoms. The lowest BCUT2D eigenvalue weighted by Crippen LogP contribution is -2.20. The number of fused-ring (bicyclic) bond motifs is 1. The molecule has 0 amide bonds. The van der Waals surface area contributed by atoms with E-state index in [0.29, 0.717) is 0 Å². The Hall–Kier alpha value is -2.40. The number of nitrogens with one attached hydrogen (secondary N) is 1. The molecule has 25 heavy (non-hydrogen) atoms. The summed E-state index contributed by atoms with van der Waals surface area (Å²) >= 11 is 0. The van der Waals surface area contributed by atoms with Crippen LogP contribution in [-0.4, -0.2) is 33.9 Å². The molecule has 0 saturated carbocycles. The van der Waals surface area contributed by atoms with Crippen molar-refractivity contribution < 1.29 is 4.74 Å². The van der Waals surface area contributed by atoms with Gasteiger partial charge in [0.1, 0.15) is 5.82 Å². The quantitative estimate of drug-likeness (QED) is 0.785. The highest BCUT2D eigenvalue weighted by molar-refractivity contribution is 5.71. The summed E-state index contributed by atoms with van der Waals surface area (Å²) in [6, 6.07) is 10.5. The molecule has 1 aliphatic rings. The van der Waals surface area contributed by atoms with Crippen molar-refractivity contribution in [3.05, 3.63) is 47.2 Å². The second kappa shape index (κ2) is 6.48. The highest BCUT2D eigenvalue weighted by Gasteiger charge is 2.18. The molecule has 1 aliphatic heterocycles. The third-order valence-corrected chi connectivity index (χ3v) is 4.81. The molecule has 2 aromatic heterocycles. The van der Waals surface area contributed by atoms with E-state index in [-0.39, 0.29) is 6.10 Å². The number of anilines is 1. The first kappa shape index (κ1) is 16.1. The maximum atomic E-state index is 5.72. The van der Waals surface area contributed by atoms with Gasteiger partial charge in [0.15, 0.2) is 5.65 Å². The molecule has 0 radical (unpaired) electrons. The van der Waals surface area contributed by atoms with Gasteiger partial charge in [-0.25, -0.2) is 4.98 Å². The van der Waals surface area contributed by atoms with Crippen LogP contribution in [0.3, 0.4) is 0 Å². The minimum atomic E-state index is 0.289. The Morgan fingerprint density at radius 3 is 2.72 bits per heavy atom. The third kappa shape index (κ3) is 3.12. The molecule has 130 valence electrons. The summed E-state index contributed by atoms with van der Waals surface area (Å²) in [5.74, 6) is 0.972. The Bertz CT molecular complexity index is 892. The van der Waals surface area contributed by atoms with Crippen LogP contribution in [-0.2, 0) is 4.74 Å². The summed E-state index contributed by atoms with van der Waals surface area (Å²) < 4.78 is 7.64. The van der Waals surface area contributed by atoms with Crippen LogP contribution in [0.4, 0.5) is 5.82 Å². The Balaban J connectivity index is 1.73. The zero-order valence-electron chi connectivity index (χ0n) is 15.0. The lowest BCUT2D eigenvalue weighted by Gasteiger charge is -2.13. The molecule has 4 rings (SSSR count). The zero-order valence-corrected chi connectivity index (χ0v) is 15.0. The average molecular weight is 336 g/mol. The lowest BCUT2D eigenvalue weighted by molar-refractivity contribution is 0.120. The molecule has 1 atom stereocenters. The van der Waals surface area contributed by atoms with Crippen LogP contribution < -0.4 is 5.32 Å². The van der Waals surface area contributed by atoms with E-state index in [2.05, 4.69) is 43.4 Å². The van der Waals surface area contributed by atoms with Crippen molar-refractivity contribution >= 4 is 11.5 Å². The molecule has 3 heterocycles. The maximum Gasteiger partial charge on any atom is 0.161 e. The molecule has 0 bridgehead atoms. The van der Waals surface area contributed by atoms with Crippen LogP contribution in [0.25, 0.3) is 16.9 Å². The van der Waals surface area contributed by atoms with Crippen LogP contribution in [0, 0.1) is 20.8 Å². The molecule has 3 aromatic rings. The molecule has 1 fully saturated rings. The van der Waals surface area contributed by atoms with Gasteiger partial charge in [-0.3, -0.25) is 0 Å². The van der Waals surface area contributed by atoms with Crippen molar-refractivity contribution in [2.75, 3.05) is 18.5 Å². The molecule has 5 nitrogen and oxygen atoms in total. The van der Waals surface area contributed by atoms with E-state index in [4.69, 9.17) is 14.8 Å². The van der Waals surface area contributed by atoms with Crippen LogP contribution in [0.15, 0.2) is 30.3 Å². The summed E-state index contributed by atoms with van der Waals surface area (Å²) in [6.45, 7) is 7.88. The first-order chi connectivity index (χ1) is 12.1. The SMILES string of the molecule is Cc1ccc(-c2nn3c(NCC4CCCO4)cc(C)nc3c2C)cc1. The Labute approximate surface area is 148 Å². The van der Waals surface area contributed by atoms with Crippen LogP contribution in [0.1, 0.15) is 29.7 Å². The predicted molar refractivity (Wildman–Crippen MR) is 100 cm³/mol. The number of hydrogen-bond donors (Lipinski definition) is 1. The van der Waals surface area contributed by atoms with Gasteiger partial charge in [0.25, 0.3) is 0 Å². The molecule has 1 saturated heterocycles. The summed E-state index contributed by atoms with van der Waals surface area (Å²) in [4.78, 5) is 4.71. The average Bonchev–Trinajstić information content (AvgIpc) is 3.23. The van der Waals surface area contributed by atoms with Crippen molar-refractivity contribution in [2.24, 2.45) is 0 Å². The standard InChI is InChI=1S/C20H24N4O/c1-13-6-8-16(9-7-13)19-15(3)20-22-14(2)11-18(24(20)23-19)21-12-17-5-4-10-25-17/h6-9,11,17,21H,4-5,10,12H2,1-3H3. The first-order valence-corrected chi connectivity index (χ1v) is 8.91. The van der Waals surface area contributed by atoms with Crippen molar-refractivity contribution in [3.8, 4) is 11.3 Å². The second-order valence-corrected chi connectivity index (χ2v) is 6.87. The summed E-state index contributed by atoms with van der Waals surface area (Å²) in [5.41, 5.74) is 6.35. The predicted octanol–water partition coefficient (Wildman–Crippen LogP) is 3.91. The summed E-state index contributed by atoms with van der Waals surface area (Å²) in [7, 11) is 0. The molecular formula is C20H24N4O. The molecule has 5 heteroatoms. The fourth-order valence-electron chi connectivity index (χ4n) is 3.38. The van der Waals surface area contributed by atoms with Crippen molar-refractivity contribution in [2.45, 2.75) is 39.7 Å². The van der Waals surface area contributed by atoms with E-state index in [1.807, 2.05) is 17.5 Å². The lowest BCUT2D eigenvalue weighted by atomic mass is 10.1. The van der Waals surface area contributed by atoms with E-state index in [1.54, 1.807) is 0 Å². The molecule has 1 aromatic carbocycles. The molecule has 0 aliphatic carbocycles. The molecular weight excluding hydrogens is 312 g/mol. The smallest absolute Gasteiger partial charge is 0.161 e. The first-order valence-electron chi connectivity index (χ1n) is 8.91. The van der Waals surface area contributed by atoms with Crippen molar-refractivity contribution in [1.29, 1.82) is 0 Å². The number of rotatable bonds is 4. The number of benzene rings is 1. The van der Waals surface area contributed by atoms with Gasteiger partial charge in [-0.05, 0) is 33.6 Å². The molecule has 1 N–H and O–H groups in total. The summed E-state index contributed by atoms with van der Waals surface area (Å²) in [5, 5.41) is 8.36. The van der Waals surface area contributed by atoms with E-state index < -0.39 is 0 Å². The van der Waals surface area contributed by atoms with Gasteiger partial charge in [0, 0.05) is 36.0 Å². The van der Waals surface area contributed by atoms with Gasteiger partial charge in [0.05, 0.1) is 11.8 Å². The van der Waals surface area contributed by atoms with E-state index in [1.165, 1.54) is 5.56 Å². The number of hydrogen-bond acceptors (Lipinski definition) is 4. The Morgan fingerprint density at radius 2 is 2.00 bits per heavy atom. The number of ether oxygens (including phenoxy) is 1. The largest absolute Gasteiger partial charge is 0.376 e. The minimum Gasteiger partial charge on any atom is -0.376 e. The van der Waals surface area contributed by atoms with Crippen LogP contribution in [0.2, 0.25) is 0 Å². The number of aromatic nitrogens is 3. The van der Waals surface area contributed by atoms with E-state index in [0.717, 1.165) is 60.0 Å². The van der Waals surface area contributed by atoms with Gasteiger partial charge in [-0.1, -0.05) is 29.8 Å². The van der Waals surface area contributed by atoms with Crippen molar-refractivity contribution in [3.63, 3.8) is 0 Å². The van der Waals surface area contributed by atoms with Gasteiger partial charge >= 0.3 is 0 Å². The highest BCUT2D eigenvalue weighted by atomic mass is 16.5. The fraction of sp³-hybridized carbons (Fsp3) is 0.400. The van der Waals surface area contributed by atoms with Crippen molar-refractivity contribution in [1.82, 2.24) is 14.6 Å². The number of nitrogens with zero attached hydrogens (tertiary/aromatic N) is 3. The maximum absolute atomic E-state index is 5.72. The Kier molecular flexibility index (Phi) is 4.17. The molecule has 1 unspecified atom stereocenters. The van der Waals surface area contributed by atoms with Gasteiger partial charge in [-0.2, -0.15) is 9.61 Å². The normalized spacial score (nSPS) is 17.3. The topological polar surface area (TPSA) is 51.5 Å². The zero-order chi connectivity index (χ0) is 17.4. The van der Waals surface area contributed by atoms with E-state index in [9.17, 15) is 0 Å². The van der Waals surface area contributed by atoms with Gasteiger partial charge in [0.2, 0.25) is 0 Å².